The van der Waals surface area contributed by atoms with E-state index in [2.05, 4.69) is 234 Å². The van der Waals surface area contributed by atoms with Gasteiger partial charge in [-0.1, -0.05) is 240 Å². The Morgan fingerprint density at radius 3 is 0.967 bits per heavy atom. The van der Waals surface area contributed by atoms with E-state index < -0.39 is 0 Å². The van der Waals surface area contributed by atoms with Crippen LogP contribution in [-0.2, 0) is 25.7 Å². The number of hydrogen-bond donors (Lipinski definition) is 0. The zero-order valence-corrected chi connectivity index (χ0v) is 67.4. The minimum Gasteiger partial charge on any atom is -0.0836 e. The van der Waals surface area contributed by atoms with E-state index in [0.717, 1.165) is 12.8 Å². The van der Waals surface area contributed by atoms with Crippen molar-refractivity contribution < 1.29 is 0 Å². The van der Waals surface area contributed by atoms with E-state index in [1.165, 1.54) is 104 Å². The van der Waals surface area contributed by atoms with Crippen LogP contribution in [0.3, 0.4) is 0 Å². The van der Waals surface area contributed by atoms with Gasteiger partial charge in [0.2, 0.25) is 0 Å². The van der Waals surface area contributed by atoms with Crippen LogP contribution in [0.25, 0.3) is 243 Å². The van der Waals surface area contributed by atoms with E-state index in [9.17, 15) is 0 Å². The van der Waals surface area contributed by atoms with Crippen LogP contribution in [0.15, 0.2) is 206 Å². The van der Waals surface area contributed by atoms with Crippen molar-refractivity contribution in [2.45, 2.75) is 138 Å². The molecule has 0 heterocycles. The van der Waals surface area contributed by atoms with Gasteiger partial charge < -0.3 is 0 Å². The molecule has 14 unspecified atom stereocenters. The highest BCUT2D eigenvalue weighted by molar-refractivity contribution is 6.70. The molecule has 0 aliphatic heterocycles. The summed E-state index contributed by atoms with van der Waals surface area (Å²) in [5, 5.41) is 71.3. The number of hydrogen-bond acceptors (Lipinski definition) is 0. The van der Waals surface area contributed by atoms with Crippen molar-refractivity contribution in [3.05, 3.63) is 289 Å². The van der Waals surface area contributed by atoms with E-state index in [0.29, 0.717) is 82.9 Å². The lowest BCUT2D eigenvalue weighted by Gasteiger charge is -2.39. The van der Waals surface area contributed by atoms with E-state index in [1.807, 2.05) is 5.57 Å². The lowest BCUT2D eigenvalue weighted by molar-refractivity contribution is 0.314. The topological polar surface area (TPSA) is 0 Å². The van der Waals surface area contributed by atoms with Gasteiger partial charge in [-0.2, -0.15) is 0 Å². The highest BCUT2D eigenvalue weighted by atomic mass is 14.7. The van der Waals surface area contributed by atoms with E-state index >= 15 is 0 Å². The smallest absolute Gasteiger partial charge is 0.00995 e. The molecule has 14 atom stereocenters. The second-order valence-corrected chi connectivity index (χ2v) is 41.3. The summed E-state index contributed by atoms with van der Waals surface area (Å²) in [4.78, 5) is 0. The summed E-state index contributed by atoms with van der Waals surface area (Å²) >= 11 is 0. The van der Waals surface area contributed by atoms with Crippen molar-refractivity contribution in [3.8, 4) is 0 Å². The second kappa shape index (κ2) is 18.8. The Morgan fingerprint density at radius 1 is 0.258 bits per heavy atom. The van der Waals surface area contributed by atoms with E-state index in [1.54, 1.807) is 255 Å². The number of fused-ring (bicyclic) bond motifs is 15. The first-order valence-corrected chi connectivity index (χ1v) is 46.3. The molecule has 0 nitrogen and oxygen atoms in total. The molecule has 1 saturated carbocycles. The minimum absolute atomic E-state index is 0.459. The van der Waals surface area contributed by atoms with Crippen LogP contribution >= 0.6 is 0 Å². The molecular weight excluding hydrogens is 1440 g/mol. The van der Waals surface area contributed by atoms with Crippen LogP contribution in [0, 0.1) is 23.7 Å². The fourth-order valence-corrected chi connectivity index (χ4v) is 33.6. The van der Waals surface area contributed by atoms with Crippen LogP contribution in [0.5, 0.6) is 0 Å². The van der Waals surface area contributed by atoms with Gasteiger partial charge in [-0.25, -0.2) is 0 Å². The van der Waals surface area contributed by atoms with Crippen LogP contribution in [0.4, 0.5) is 0 Å². The predicted molar refractivity (Wildman–Crippen MR) is 508 cm³/mol. The fraction of sp³-hybridized carbons (Fsp3) is 0.217. The van der Waals surface area contributed by atoms with Gasteiger partial charge in [0, 0.05) is 23.7 Å². The standard InChI is InChI=1S/C60H34.C40H18.C20H24/c1-3-24(19-23(2)25-7-5-4-6-8-25)26-9-10-27-21-37-38(22-28(27)20-26)40-36-18-16-34-32-14-12-30-29-11-13-31-33-15-17-35-39(37)49-50(40)55-48(36)46(34)53-44(32)42(30)51-41(29)43(31)52-45(33)47(35)54(49)59-57(52)56(51)58(53)60(55)59;1-2-12-14-5-6-16-18-9-10-20-19-8-7-17-15-4-3-13-11(1)21-22(12)32-24(14)26(16)34-29(18)30(20)35-28(19)27(17)33-25(15)23(13)31(21)36-37(32)39(34)40(35)38(33)36;1-3-16(13-15(2)17-7-5-4-6-8-17)19-11-9-18-10-12-20(18)14-19/h4-18,20,23-24,37-38H,3,19,21-22H2,1-2H3;1-13,15,21-23,25H;4-9,11,14-16H,3,10,12-13H2,1-2H3. The molecule has 0 heteroatoms. The lowest BCUT2D eigenvalue weighted by Crippen LogP contribution is -2.33. The maximum absolute atomic E-state index is 2.71. The molecule has 556 valence electrons. The molecule has 1 fully saturated rings. The summed E-state index contributed by atoms with van der Waals surface area (Å²) < 4.78 is 0. The highest BCUT2D eigenvalue weighted by Crippen LogP contribution is 2.77. The van der Waals surface area contributed by atoms with Gasteiger partial charge in [0.05, 0.1) is 0 Å². The summed E-state index contributed by atoms with van der Waals surface area (Å²) in [6, 6.07) is 72.5. The summed E-state index contributed by atoms with van der Waals surface area (Å²) in [7, 11) is 0. The molecule has 10 aliphatic carbocycles. The third-order valence-electron chi connectivity index (χ3n) is 37.6. The summed E-state index contributed by atoms with van der Waals surface area (Å²) in [6.07, 6.45) is 20.4. The monoisotopic (exact) mass is 1520 g/mol. The Morgan fingerprint density at radius 2 is 0.583 bits per heavy atom. The molecule has 38 rings (SSSR count). The first-order chi connectivity index (χ1) is 59.4. The zero-order chi connectivity index (χ0) is 76.4. The van der Waals surface area contributed by atoms with Gasteiger partial charge >= 0.3 is 0 Å². The maximum Gasteiger partial charge on any atom is 0.00995 e. The Kier molecular flexibility index (Phi) is 9.47. The predicted octanol–water partition coefficient (Wildman–Crippen LogP) is 31.2. The second-order valence-electron chi connectivity index (χ2n) is 41.3. The minimum atomic E-state index is 0.459. The average Bonchev–Trinajstić information content (AvgIpc) is 1.44. The molecule has 120 heavy (non-hydrogen) atoms. The Labute approximate surface area is 689 Å². The third-order valence-corrected chi connectivity index (χ3v) is 37.6. The van der Waals surface area contributed by atoms with E-state index in [-0.39, 0.29) is 0 Å². The molecular formula is C120H76. The van der Waals surface area contributed by atoms with Crippen molar-refractivity contribution in [2.24, 2.45) is 23.7 Å². The van der Waals surface area contributed by atoms with Gasteiger partial charge in [0.25, 0.3) is 0 Å². The van der Waals surface area contributed by atoms with Crippen molar-refractivity contribution in [2.75, 3.05) is 0 Å². The third kappa shape index (κ3) is 5.79. The molecule has 28 aromatic carbocycles. The Hall–Kier alpha value is -12.2. The molecule has 0 saturated heterocycles. The van der Waals surface area contributed by atoms with Crippen LogP contribution in [0.2, 0.25) is 0 Å². The molecule has 0 spiro atoms. The van der Waals surface area contributed by atoms with Crippen molar-refractivity contribution in [3.63, 3.8) is 0 Å². The summed E-state index contributed by atoms with van der Waals surface area (Å²) in [5.41, 5.74) is 24.5. The first-order valence-electron chi connectivity index (χ1n) is 46.3. The average molecular weight is 1520 g/mol. The van der Waals surface area contributed by atoms with Crippen molar-refractivity contribution in [1.29, 1.82) is 0 Å². The number of allylic oxidation sites excluding steroid dienone is 4. The quantitative estimate of drug-likeness (QED) is 0.0946. The molecule has 0 amide bonds. The van der Waals surface area contributed by atoms with Gasteiger partial charge in [-0.3, -0.25) is 0 Å². The number of benzene rings is 19. The molecule has 0 bridgehead atoms. The Balaban J connectivity index is 0.0000000925. The Bertz CT molecular complexity index is 9420. The molecule has 0 radical (unpaired) electrons. The molecule has 0 N–H and O–H groups in total. The van der Waals surface area contributed by atoms with Gasteiger partial charge in [0.15, 0.2) is 0 Å². The normalized spacial score (nSPS) is 23.8. The van der Waals surface area contributed by atoms with Gasteiger partial charge in [0.1, 0.15) is 0 Å². The van der Waals surface area contributed by atoms with E-state index in [4.69, 9.17) is 0 Å². The summed E-state index contributed by atoms with van der Waals surface area (Å²) in [5.74, 6) is 8.41. The summed E-state index contributed by atoms with van der Waals surface area (Å²) in [6.45, 7) is 9.52. The lowest BCUT2D eigenvalue weighted by atomic mass is 9.64. The number of aryl methyl sites for hydroxylation is 2. The molecule has 0 aromatic heterocycles. The molecule has 28 aromatic rings. The van der Waals surface area contributed by atoms with Crippen molar-refractivity contribution in [1.82, 2.24) is 0 Å². The highest BCUT2D eigenvalue weighted by Gasteiger charge is 2.63. The number of rotatable bonds is 10. The van der Waals surface area contributed by atoms with Crippen LogP contribution in [-0.4, -0.2) is 0 Å². The van der Waals surface area contributed by atoms with Gasteiger partial charge in [-0.15, -0.1) is 0 Å². The van der Waals surface area contributed by atoms with Crippen molar-refractivity contribution >= 4 is 243 Å². The SMILES string of the molecule is C1=CC2C3C=CC4c5ccc6c7ccc8c9ccc%10c%11c%12c%13c%14c%15c(c5c6c5c%15c%13c(c%119)c8c75)C4C3C=%14C2C%12C1%10.CCC(CC(C)c1ccccc1)c1ccc2c(c1)CC1c3c4ccc5c6ccc7c8ccc9c%10ccc%11c(c%12c3c3c4c5c4c6c7c5c8c9c6c%10c%11c%12c7c3c4c5c67)C1C2.CCC(CC(C)c1ccccc1)c1ccc2c(c1)CC2. The maximum atomic E-state index is 2.71. The fourth-order valence-electron chi connectivity index (χ4n) is 33.6. The van der Waals surface area contributed by atoms with Gasteiger partial charge in [-0.05, 0) is 431 Å². The molecule has 10 aliphatic rings. The van der Waals surface area contributed by atoms with Crippen LogP contribution in [0.1, 0.15) is 190 Å². The zero-order valence-electron chi connectivity index (χ0n) is 67.4. The first kappa shape index (κ1) is 60.3. The van der Waals surface area contributed by atoms with Crippen LogP contribution < -0.4 is 5.22 Å². The largest absolute Gasteiger partial charge is 0.0836 e.